The fraction of sp³-hybridized carbons (Fsp3) is 0.385. The Hall–Kier alpha value is -2.24. The average molecular weight is 259 g/mol. The van der Waals surface area contributed by atoms with Gasteiger partial charge in [-0.1, -0.05) is 0 Å². The van der Waals surface area contributed by atoms with E-state index in [4.69, 9.17) is 0 Å². The molecular formula is C13H17N5O. The first-order valence-corrected chi connectivity index (χ1v) is 6.13. The second-order valence-corrected chi connectivity index (χ2v) is 4.40. The minimum atomic E-state index is -0.206. The van der Waals surface area contributed by atoms with Gasteiger partial charge < -0.3 is 9.88 Å². The Bertz CT molecular complexity index is 554. The molecule has 0 radical (unpaired) electrons. The van der Waals surface area contributed by atoms with Gasteiger partial charge in [0.05, 0.1) is 11.9 Å². The third kappa shape index (κ3) is 3.15. The molecular weight excluding hydrogens is 242 g/mol. The number of hydrogen-bond acceptors (Lipinski definition) is 4. The van der Waals surface area contributed by atoms with Crippen LogP contribution in [-0.2, 0) is 6.54 Å². The van der Waals surface area contributed by atoms with Crippen molar-refractivity contribution < 1.29 is 4.79 Å². The van der Waals surface area contributed by atoms with Crippen LogP contribution in [0.25, 0.3) is 0 Å². The van der Waals surface area contributed by atoms with Gasteiger partial charge in [0, 0.05) is 31.2 Å². The highest BCUT2D eigenvalue weighted by Gasteiger charge is 2.07. The first kappa shape index (κ1) is 13.2. The zero-order chi connectivity index (χ0) is 13.8. The normalized spacial score (nSPS) is 10.5. The van der Waals surface area contributed by atoms with E-state index in [1.807, 2.05) is 27.0 Å². The van der Waals surface area contributed by atoms with E-state index in [9.17, 15) is 4.79 Å². The molecule has 6 nitrogen and oxygen atoms in total. The van der Waals surface area contributed by atoms with E-state index in [1.165, 1.54) is 6.20 Å². The van der Waals surface area contributed by atoms with Gasteiger partial charge in [0.2, 0.25) is 0 Å². The van der Waals surface area contributed by atoms with Gasteiger partial charge in [-0.25, -0.2) is 9.97 Å². The van der Waals surface area contributed by atoms with Crippen molar-refractivity contribution in [3.05, 3.63) is 41.5 Å². The Labute approximate surface area is 111 Å². The summed E-state index contributed by atoms with van der Waals surface area (Å²) >= 11 is 0. The number of aryl methyl sites for hydroxylation is 3. The van der Waals surface area contributed by atoms with Gasteiger partial charge in [0.25, 0.3) is 5.91 Å². The van der Waals surface area contributed by atoms with E-state index in [0.29, 0.717) is 18.8 Å². The molecule has 0 saturated carbocycles. The molecule has 2 aromatic rings. The molecule has 100 valence electrons. The van der Waals surface area contributed by atoms with Crippen LogP contribution in [0.2, 0.25) is 0 Å². The zero-order valence-electron chi connectivity index (χ0n) is 11.3. The summed E-state index contributed by atoms with van der Waals surface area (Å²) < 4.78 is 2.06. The Morgan fingerprint density at radius 1 is 1.16 bits per heavy atom. The molecule has 2 aromatic heterocycles. The number of aromatic nitrogens is 4. The van der Waals surface area contributed by atoms with Crippen molar-refractivity contribution in [2.75, 3.05) is 6.54 Å². The summed E-state index contributed by atoms with van der Waals surface area (Å²) in [5, 5.41) is 2.82. The molecule has 0 spiro atoms. The first-order chi connectivity index (χ1) is 9.08. The van der Waals surface area contributed by atoms with Crippen LogP contribution in [0.3, 0.4) is 0 Å². The summed E-state index contributed by atoms with van der Waals surface area (Å²) in [7, 11) is 0. The van der Waals surface area contributed by atoms with Gasteiger partial charge in [0.1, 0.15) is 11.5 Å². The van der Waals surface area contributed by atoms with E-state index in [0.717, 1.165) is 17.2 Å². The maximum atomic E-state index is 11.8. The quantitative estimate of drug-likeness (QED) is 0.890. The van der Waals surface area contributed by atoms with Crippen LogP contribution in [0.15, 0.2) is 18.6 Å². The van der Waals surface area contributed by atoms with Gasteiger partial charge in [-0.2, -0.15) is 0 Å². The van der Waals surface area contributed by atoms with Gasteiger partial charge in [-0.3, -0.25) is 9.78 Å². The molecule has 0 unspecified atom stereocenters. The minimum Gasteiger partial charge on any atom is -0.349 e. The van der Waals surface area contributed by atoms with E-state index < -0.39 is 0 Å². The molecule has 0 saturated heterocycles. The molecule has 0 aliphatic heterocycles. The summed E-state index contributed by atoms with van der Waals surface area (Å²) in [5.74, 6) is 0.741. The van der Waals surface area contributed by atoms with E-state index >= 15 is 0 Å². The molecule has 0 bridgehead atoms. The Morgan fingerprint density at radius 3 is 2.53 bits per heavy atom. The number of rotatable bonds is 4. The smallest absolute Gasteiger partial charge is 0.271 e. The van der Waals surface area contributed by atoms with Gasteiger partial charge in [-0.15, -0.1) is 0 Å². The number of nitrogens with zero attached hydrogens (tertiary/aromatic N) is 4. The van der Waals surface area contributed by atoms with E-state index in [1.54, 1.807) is 6.20 Å². The SMILES string of the molecule is Cc1cnc(C(=O)NCCn2c(C)cnc2C)cn1. The van der Waals surface area contributed by atoms with Gasteiger partial charge in [0.15, 0.2) is 0 Å². The highest BCUT2D eigenvalue weighted by atomic mass is 16.1. The highest BCUT2D eigenvalue weighted by molar-refractivity contribution is 5.91. The van der Waals surface area contributed by atoms with Gasteiger partial charge in [-0.05, 0) is 20.8 Å². The fourth-order valence-electron chi connectivity index (χ4n) is 1.80. The topological polar surface area (TPSA) is 72.7 Å². The third-order valence-corrected chi connectivity index (χ3v) is 2.89. The largest absolute Gasteiger partial charge is 0.349 e. The standard InChI is InChI=1S/C13H17N5O/c1-9-6-17-12(8-15-9)13(19)14-4-5-18-10(2)7-16-11(18)3/h6-8H,4-5H2,1-3H3,(H,14,19). The molecule has 0 aliphatic carbocycles. The molecule has 0 atom stereocenters. The highest BCUT2D eigenvalue weighted by Crippen LogP contribution is 2.02. The van der Waals surface area contributed by atoms with Crippen molar-refractivity contribution in [2.45, 2.75) is 27.3 Å². The molecule has 6 heteroatoms. The van der Waals surface area contributed by atoms with Crippen LogP contribution in [-0.4, -0.2) is 32.0 Å². The first-order valence-electron chi connectivity index (χ1n) is 6.13. The van der Waals surface area contributed by atoms with Crippen molar-refractivity contribution in [1.82, 2.24) is 24.8 Å². The van der Waals surface area contributed by atoms with Crippen LogP contribution in [0, 0.1) is 20.8 Å². The Kier molecular flexibility index (Phi) is 3.89. The predicted octanol–water partition coefficient (Wildman–Crippen LogP) is 1.03. The van der Waals surface area contributed by atoms with E-state index in [-0.39, 0.29) is 5.91 Å². The zero-order valence-corrected chi connectivity index (χ0v) is 11.3. The second-order valence-electron chi connectivity index (χ2n) is 4.40. The van der Waals surface area contributed by atoms with Crippen molar-refractivity contribution in [3.63, 3.8) is 0 Å². The lowest BCUT2D eigenvalue weighted by molar-refractivity contribution is 0.0946. The molecule has 19 heavy (non-hydrogen) atoms. The maximum Gasteiger partial charge on any atom is 0.271 e. The molecule has 0 aliphatic rings. The number of hydrogen-bond donors (Lipinski definition) is 1. The lowest BCUT2D eigenvalue weighted by atomic mass is 10.4. The predicted molar refractivity (Wildman–Crippen MR) is 70.8 cm³/mol. The summed E-state index contributed by atoms with van der Waals surface area (Å²) in [6.07, 6.45) is 4.89. The number of amides is 1. The van der Waals surface area contributed by atoms with Crippen LogP contribution >= 0.6 is 0 Å². The lowest BCUT2D eigenvalue weighted by Crippen LogP contribution is -2.28. The number of carbonyl (C=O) groups is 1. The Morgan fingerprint density at radius 2 is 1.95 bits per heavy atom. The van der Waals surface area contributed by atoms with Crippen molar-refractivity contribution in [3.8, 4) is 0 Å². The molecule has 1 N–H and O–H groups in total. The maximum absolute atomic E-state index is 11.8. The number of nitrogens with one attached hydrogen (secondary N) is 1. The average Bonchev–Trinajstić information content (AvgIpc) is 2.71. The van der Waals surface area contributed by atoms with Crippen LogP contribution in [0.5, 0.6) is 0 Å². The fourth-order valence-corrected chi connectivity index (χ4v) is 1.80. The van der Waals surface area contributed by atoms with Crippen LogP contribution in [0.4, 0.5) is 0 Å². The third-order valence-electron chi connectivity index (χ3n) is 2.89. The summed E-state index contributed by atoms with van der Waals surface area (Å²) in [5.41, 5.74) is 2.22. The van der Waals surface area contributed by atoms with Crippen molar-refractivity contribution >= 4 is 5.91 Å². The summed E-state index contributed by atoms with van der Waals surface area (Å²) in [6.45, 7) is 7.00. The van der Waals surface area contributed by atoms with Crippen molar-refractivity contribution in [1.29, 1.82) is 0 Å². The number of carbonyl (C=O) groups excluding carboxylic acids is 1. The van der Waals surface area contributed by atoms with Crippen LogP contribution in [0.1, 0.15) is 27.7 Å². The molecule has 0 aromatic carbocycles. The molecule has 1 amide bonds. The summed E-state index contributed by atoms with van der Waals surface area (Å²) in [4.78, 5) is 24.1. The second kappa shape index (κ2) is 5.60. The summed E-state index contributed by atoms with van der Waals surface area (Å²) in [6, 6.07) is 0. The molecule has 2 rings (SSSR count). The van der Waals surface area contributed by atoms with E-state index in [2.05, 4.69) is 24.8 Å². The van der Waals surface area contributed by atoms with Crippen LogP contribution < -0.4 is 5.32 Å². The van der Waals surface area contributed by atoms with Gasteiger partial charge >= 0.3 is 0 Å². The Balaban J connectivity index is 1.89. The van der Waals surface area contributed by atoms with Crippen molar-refractivity contribution in [2.24, 2.45) is 0 Å². The lowest BCUT2D eigenvalue weighted by Gasteiger charge is -2.08. The monoisotopic (exact) mass is 259 g/mol. The molecule has 0 fully saturated rings. The minimum absolute atomic E-state index is 0.206. The number of imidazole rings is 1. The molecule has 2 heterocycles.